The molecule has 0 bridgehead atoms. The van der Waals surface area contributed by atoms with Gasteiger partial charge in [-0.3, -0.25) is 9.78 Å². The standard InChI is InChI=1S/C16H19N3O/c1-10-5-7-15(17-4)13(9-10)16(20)19-14-8-6-11(2)18-12(14)3/h5-9,17H,1-4H3,(H,19,20). The number of hydrogen-bond donors (Lipinski definition) is 2. The molecule has 1 aromatic carbocycles. The van der Waals surface area contributed by atoms with Crippen LogP contribution in [0.25, 0.3) is 0 Å². The van der Waals surface area contributed by atoms with Gasteiger partial charge in [-0.2, -0.15) is 0 Å². The second-order valence-corrected chi connectivity index (χ2v) is 4.84. The molecule has 2 aromatic rings. The fourth-order valence-corrected chi connectivity index (χ4v) is 2.07. The number of nitrogens with zero attached hydrogens (tertiary/aromatic N) is 1. The van der Waals surface area contributed by atoms with Crippen molar-refractivity contribution in [2.45, 2.75) is 20.8 Å². The minimum absolute atomic E-state index is 0.133. The molecule has 0 atom stereocenters. The third kappa shape index (κ3) is 2.96. The van der Waals surface area contributed by atoms with Crippen molar-refractivity contribution >= 4 is 17.3 Å². The summed E-state index contributed by atoms with van der Waals surface area (Å²) < 4.78 is 0. The molecule has 1 aromatic heterocycles. The number of anilines is 2. The number of pyridine rings is 1. The van der Waals surface area contributed by atoms with Crippen LogP contribution in [0.4, 0.5) is 11.4 Å². The molecule has 0 fully saturated rings. The van der Waals surface area contributed by atoms with Gasteiger partial charge in [-0.1, -0.05) is 11.6 Å². The molecule has 4 heteroatoms. The topological polar surface area (TPSA) is 54.0 Å². The normalized spacial score (nSPS) is 10.2. The number of rotatable bonds is 3. The molecule has 2 N–H and O–H groups in total. The highest BCUT2D eigenvalue weighted by molar-refractivity contribution is 6.08. The van der Waals surface area contributed by atoms with E-state index in [1.54, 1.807) is 7.05 Å². The third-order valence-electron chi connectivity index (χ3n) is 3.16. The van der Waals surface area contributed by atoms with Crippen LogP contribution in [-0.2, 0) is 0 Å². The minimum atomic E-state index is -0.133. The summed E-state index contributed by atoms with van der Waals surface area (Å²) >= 11 is 0. The molecule has 0 aliphatic rings. The predicted molar refractivity (Wildman–Crippen MR) is 82.4 cm³/mol. The van der Waals surface area contributed by atoms with Crippen molar-refractivity contribution in [1.82, 2.24) is 4.98 Å². The third-order valence-corrected chi connectivity index (χ3v) is 3.16. The van der Waals surface area contributed by atoms with Crippen LogP contribution in [0.2, 0.25) is 0 Å². The molecule has 1 amide bonds. The number of aryl methyl sites for hydroxylation is 3. The Kier molecular flexibility index (Phi) is 4.03. The number of hydrogen-bond acceptors (Lipinski definition) is 3. The van der Waals surface area contributed by atoms with Crippen LogP contribution in [0.5, 0.6) is 0 Å². The second kappa shape index (κ2) is 5.74. The van der Waals surface area contributed by atoms with Crippen LogP contribution in [0.15, 0.2) is 30.3 Å². The summed E-state index contributed by atoms with van der Waals surface area (Å²) in [7, 11) is 1.81. The average Bonchev–Trinajstić information content (AvgIpc) is 2.41. The van der Waals surface area contributed by atoms with Crippen LogP contribution in [0.1, 0.15) is 27.3 Å². The second-order valence-electron chi connectivity index (χ2n) is 4.84. The summed E-state index contributed by atoms with van der Waals surface area (Å²) in [4.78, 5) is 16.8. The van der Waals surface area contributed by atoms with Gasteiger partial charge in [0, 0.05) is 18.4 Å². The Bertz CT molecular complexity index is 650. The molecule has 4 nitrogen and oxygen atoms in total. The molecule has 2 rings (SSSR count). The summed E-state index contributed by atoms with van der Waals surface area (Å²) in [6.45, 7) is 5.78. The van der Waals surface area contributed by atoms with Crippen molar-refractivity contribution in [3.8, 4) is 0 Å². The first-order chi connectivity index (χ1) is 9.51. The first kappa shape index (κ1) is 14.1. The fourth-order valence-electron chi connectivity index (χ4n) is 2.07. The van der Waals surface area contributed by atoms with Gasteiger partial charge in [0.2, 0.25) is 0 Å². The van der Waals surface area contributed by atoms with Gasteiger partial charge >= 0.3 is 0 Å². The molecule has 0 saturated carbocycles. The highest BCUT2D eigenvalue weighted by Gasteiger charge is 2.12. The van der Waals surface area contributed by atoms with E-state index in [4.69, 9.17) is 0 Å². The van der Waals surface area contributed by atoms with E-state index in [0.717, 1.165) is 28.3 Å². The van der Waals surface area contributed by atoms with Crippen LogP contribution in [0, 0.1) is 20.8 Å². The van der Waals surface area contributed by atoms with Crippen molar-refractivity contribution in [3.05, 3.63) is 52.8 Å². The van der Waals surface area contributed by atoms with E-state index >= 15 is 0 Å². The summed E-state index contributed by atoms with van der Waals surface area (Å²) in [6, 6.07) is 9.52. The Hall–Kier alpha value is -2.36. The van der Waals surface area contributed by atoms with Crippen LogP contribution in [-0.4, -0.2) is 17.9 Å². The zero-order chi connectivity index (χ0) is 14.7. The van der Waals surface area contributed by atoms with E-state index in [9.17, 15) is 4.79 Å². The van der Waals surface area contributed by atoms with Gasteiger partial charge in [-0.05, 0) is 45.0 Å². The van der Waals surface area contributed by atoms with Crippen LogP contribution in [0.3, 0.4) is 0 Å². The first-order valence-corrected chi connectivity index (χ1v) is 6.55. The average molecular weight is 269 g/mol. The zero-order valence-corrected chi connectivity index (χ0v) is 12.2. The monoisotopic (exact) mass is 269 g/mol. The molecule has 0 unspecified atom stereocenters. The first-order valence-electron chi connectivity index (χ1n) is 6.55. The maximum absolute atomic E-state index is 12.4. The molecule has 0 saturated heterocycles. The maximum atomic E-state index is 12.4. The van der Waals surface area contributed by atoms with Crippen molar-refractivity contribution in [1.29, 1.82) is 0 Å². The van der Waals surface area contributed by atoms with E-state index in [0.29, 0.717) is 5.56 Å². The molecule has 0 aliphatic heterocycles. The Labute approximate surface area is 119 Å². The van der Waals surface area contributed by atoms with Gasteiger partial charge in [-0.15, -0.1) is 0 Å². The number of benzene rings is 1. The van der Waals surface area contributed by atoms with Gasteiger partial charge < -0.3 is 10.6 Å². The lowest BCUT2D eigenvalue weighted by Gasteiger charge is -2.12. The molecule has 0 radical (unpaired) electrons. The Morgan fingerprint density at radius 2 is 1.75 bits per heavy atom. The summed E-state index contributed by atoms with van der Waals surface area (Å²) in [5.74, 6) is -0.133. The number of carbonyl (C=O) groups excluding carboxylic acids is 1. The summed E-state index contributed by atoms with van der Waals surface area (Å²) in [5, 5.41) is 5.95. The van der Waals surface area contributed by atoms with Crippen LogP contribution >= 0.6 is 0 Å². The van der Waals surface area contributed by atoms with Crippen LogP contribution < -0.4 is 10.6 Å². The number of nitrogens with one attached hydrogen (secondary N) is 2. The lowest BCUT2D eigenvalue weighted by molar-refractivity contribution is 0.102. The van der Waals surface area contributed by atoms with E-state index in [1.165, 1.54) is 0 Å². The van der Waals surface area contributed by atoms with Crippen molar-refractivity contribution in [3.63, 3.8) is 0 Å². The van der Waals surface area contributed by atoms with Crippen molar-refractivity contribution in [2.24, 2.45) is 0 Å². The molecule has 20 heavy (non-hydrogen) atoms. The van der Waals surface area contributed by atoms with Gasteiger partial charge in [0.1, 0.15) is 0 Å². The van der Waals surface area contributed by atoms with Crippen molar-refractivity contribution < 1.29 is 4.79 Å². The minimum Gasteiger partial charge on any atom is -0.387 e. The fraction of sp³-hybridized carbons (Fsp3) is 0.250. The Balaban J connectivity index is 2.30. The van der Waals surface area contributed by atoms with Gasteiger partial charge in [0.25, 0.3) is 5.91 Å². The summed E-state index contributed by atoms with van der Waals surface area (Å²) in [6.07, 6.45) is 0. The highest BCUT2D eigenvalue weighted by Crippen LogP contribution is 2.20. The lowest BCUT2D eigenvalue weighted by Crippen LogP contribution is -2.15. The zero-order valence-electron chi connectivity index (χ0n) is 12.2. The van der Waals surface area contributed by atoms with Gasteiger partial charge in [0.15, 0.2) is 0 Å². The Morgan fingerprint density at radius 3 is 2.40 bits per heavy atom. The highest BCUT2D eigenvalue weighted by atomic mass is 16.1. The number of aromatic nitrogens is 1. The molecule has 104 valence electrons. The van der Waals surface area contributed by atoms with Gasteiger partial charge in [0.05, 0.1) is 16.9 Å². The lowest BCUT2D eigenvalue weighted by atomic mass is 10.1. The molecule has 0 aliphatic carbocycles. The van der Waals surface area contributed by atoms with Crippen molar-refractivity contribution in [2.75, 3.05) is 17.7 Å². The molecule has 1 heterocycles. The van der Waals surface area contributed by atoms with E-state index in [1.807, 2.05) is 51.1 Å². The van der Waals surface area contributed by atoms with Gasteiger partial charge in [-0.25, -0.2) is 0 Å². The largest absolute Gasteiger partial charge is 0.387 e. The Morgan fingerprint density at radius 1 is 1.05 bits per heavy atom. The molecular weight excluding hydrogens is 250 g/mol. The van der Waals surface area contributed by atoms with E-state index < -0.39 is 0 Å². The quantitative estimate of drug-likeness (QED) is 0.899. The number of carbonyl (C=O) groups is 1. The molecule has 0 spiro atoms. The SMILES string of the molecule is CNc1ccc(C)cc1C(=O)Nc1ccc(C)nc1C. The van der Waals surface area contributed by atoms with E-state index in [-0.39, 0.29) is 5.91 Å². The summed E-state index contributed by atoms with van der Waals surface area (Å²) in [5.41, 5.74) is 4.99. The van der Waals surface area contributed by atoms with E-state index in [2.05, 4.69) is 15.6 Å². The smallest absolute Gasteiger partial charge is 0.257 e. The maximum Gasteiger partial charge on any atom is 0.257 e. The number of amides is 1. The predicted octanol–water partition coefficient (Wildman–Crippen LogP) is 3.30. The molecular formula is C16H19N3O.